The third kappa shape index (κ3) is 7.10. The summed E-state index contributed by atoms with van der Waals surface area (Å²) in [7, 11) is 0. The maximum atomic E-state index is 10.2. The quantitative estimate of drug-likeness (QED) is 0.704. The van der Waals surface area contributed by atoms with Crippen LogP contribution in [0.5, 0.6) is 0 Å². The number of aliphatic hydroxyl groups is 1. The number of nitrogens with one attached hydrogen (secondary N) is 1. The third-order valence-corrected chi connectivity index (χ3v) is 3.05. The fourth-order valence-corrected chi connectivity index (χ4v) is 1.96. The van der Waals surface area contributed by atoms with Gasteiger partial charge in [0.15, 0.2) is 0 Å². The van der Waals surface area contributed by atoms with Gasteiger partial charge in [0.25, 0.3) is 6.47 Å². The van der Waals surface area contributed by atoms with E-state index in [1.807, 2.05) is 20.8 Å². The first kappa shape index (κ1) is 17.5. The Balaban J connectivity index is 0.000000270. The van der Waals surface area contributed by atoms with Crippen LogP contribution in [0.15, 0.2) is 12.3 Å². The van der Waals surface area contributed by atoms with Crippen molar-refractivity contribution in [1.82, 2.24) is 15.1 Å². The van der Waals surface area contributed by atoms with Crippen LogP contribution in [0.25, 0.3) is 0 Å². The van der Waals surface area contributed by atoms with Crippen molar-refractivity contribution in [2.45, 2.75) is 51.4 Å². The molecule has 0 saturated carbocycles. The van der Waals surface area contributed by atoms with Gasteiger partial charge in [0.1, 0.15) is 11.4 Å². The highest BCUT2D eigenvalue weighted by molar-refractivity contribution is 5.37. The Bertz CT molecular complexity index is 434. The van der Waals surface area contributed by atoms with E-state index in [1.165, 1.54) is 0 Å². The van der Waals surface area contributed by atoms with Crippen LogP contribution in [0.3, 0.4) is 0 Å². The molecule has 0 unspecified atom stereocenters. The van der Waals surface area contributed by atoms with E-state index in [0.717, 1.165) is 25.9 Å². The molecule has 0 radical (unpaired) electrons. The smallest absolute Gasteiger partial charge is 0.293 e. The molecule has 1 saturated heterocycles. The second-order valence-corrected chi connectivity index (χ2v) is 6.24. The van der Waals surface area contributed by atoms with Crippen LogP contribution < -0.4 is 11.1 Å². The maximum Gasteiger partial charge on any atom is 0.293 e. The lowest BCUT2D eigenvalue weighted by Gasteiger charge is -2.32. The van der Waals surface area contributed by atoms with Crippen molar-refractivity contribution < 1.29 is 14.6 Å². The van der Waals surface area contributed by atoms with Gasteiger partial charge in [-0.05, 0) is 52.8 Å². The molecule has 1 fully saturated rings. The van der Waals surface area contributed by atoms with Gasteiger partial charge in [0.05, 0.1) is 12.1 Å². The molecule has 7 nitrogen and oxygen atoms in total. The van der Waals surface area contributed by atoms with Crippen LogP contribution in [0.2, 0.25) is 0 Å². The van der Waals surface area contributed by atoms with E-state index >= 15 is 0 Å². The van der Waals surface area contributed by atoms with Crippen LogP contribution >= 0.6 is 0 Å². The maximum absolute atomic E-state index is 10.2. The first-order chi connectivity index (χ1) is 9.74. The number of rotatable bonds is 3. The highest BCUT2D eigenvalue weighted by Crippen LogP contribution is 2.20. The van der Waals surface area contributed by atoms with Crippen LogP contribution in [0, 0.1) is 0 Å². The molecule has 1 aliphatic rings. The first-order valence-electron chi connectivity index (χ1n) is 7.08. The molecule has 0 atom stereocenters. The standard InChI is InChI=1S/C9H16N4O.C5H10O2/c10-8-1-6-13(12-8)7-9(14)2-4-11-5-3-9;1-5(2,3)7-4-6/h1,6,11,14H,2-5,7H2,(H2,10,12);4H,1-3H3. The van der Waals surface area contributed by atoms with Crippen molar-refractivity contribution in [3.8, 4) is 0 Å². The summed E-state index contributed by atoms with van der Waals surface area (Å²) in [6, 6.07) is 1.74. The van der Waals surface area contributed by atoms with Crippen molar-refractivity contribution in [3.63, 3.8) is 0 Å². The van der Waals surface area contributed by atoms with E-state index in [0.29, 0.717) is 18.8 Å². The summed E-state index contributed by atoms with van der Waals surface area (Å²) in [4.78, 5) is 9.60. The number of ether oxygens (including phenoxy) is 1. The van der Waals surface area contributed by atoms with Gasteiger partial charge in [0, 0.05) is 6.20 Å². The van der Waals surface area contributed by atoms with Gasteiger partial charge in [-0.15, -0.1) is 0 Å². The topological polar surface area (TPSA) is 102 Å². The zero-order valence-corrected chi connectivity index (χ0v) is 13.0. The minimum atomic E-state index is -0.621. The van der Waals surface area contributed by atoms with Crippen molar-refractivity contribution >= 4 is 12.3 Å². The van der Waals surface area contributed by atoms with Gasteiger partial charge in [-0.2, -0.15) is 5.10 Å². The highest BCUT2D eigenvalue weighted by atomic mass is 16.5. The molecule has 1 aromatic rings. The van der Waals surface area contributed by atoms with E-state index in [-0.39, 0.29) is 5.60 Å². The number of piperidine rings is 1. The molecule has 120 valence electrons. The second-order valence-electron chi connectivity index (χ2n) is 6.24. The molecule has 0 amide bonds. The summed E-state index contributed by atoms with van der Waals surface area (Å²) in [6.45, 7) is 8.19. The molecular weight excluding hydrogens is 272 g/mol. The largest absolute Gasteiger partial charge is 0.462 e. The molecule has 7 heteroatoms. The van der Waals surface area contributed by atoms with Crippen LogP contribution in [0.4, 0.5) is 5.82 Å². The number of hydrogen-bond donors (Lipinski definition) is 3. The SMILES string of the molecule is CC(C)(C)OC=O.Nc1ccn(CC2(O)CCNCC2)n1. The number of carbonyl (C=O) groups is 1. The Labute approximate surface area is 125 Å². The predicted octanol–water partition coefficient (Wildman–Crippen LogP) is 0.538. The molecular formula is C14H26N4O3. The number of nitrogens with two attached hydrogens (primary N) is 1. The summed E-state index contributed by atoms with van der Waals surface area (Å²) >= 11 is 0. The minimum absolute atomic E-state index is 0.318. The van der Waals surface area contributed by atoms with Crippen LogP contribution in [-0.2, 0) is 16.1 Å². The predicted molar refractivity (Wildman–Crippen MR) is 80.6 cm³/mol. The van der Waals surface area contributed by atoms with Crippen molar-refractivity contribution in [1.29, 1.82) is 0 Å². The van der Waals surface area contributed by atoms with E-state index in [9.17, 15) is 9.90 Å². The lowest BCUT2D eigenvalue weighted by atomic mass is 9.92. The Hall–Kier alpha value is -1.60. The average Bonchev–Trinajstić information content (AvgIpc) is 2.74. The first-order valence-corrected chi connectivity index (χ1v) is 7.08. The van der Waals surface area contributed by atoms with Gasteiger partial charge < -0.3 is 20.9 Å². The Kier molecular flexibility index (Phi) is 6.17. The molecule has 0 aliphatic carbocycles. The fraction of sp³-hybridized carbons (Fsp3) is 0.714. The average molecular weight is 298 g/mol. The molecule has 21 heavy (non-hydrogen) atoms. The lowest BCUT2D eigenvalue weighted by Crippen LogP contribution is -2.44. The van der Waals surface area contributed by atoms with Crippen molar-refractivity contribution in [2.75, 3.05) is 18.8 Å². The zero-order valence-electron chi connectivity index (χ0n) is 13.0. The Morgan fingerprint density at radius 3 is 2.52 bits per heavy atom. The summed E-state index contributed by atoms with van der Waals surface area (Å²) in [5, 5.41) is 17.5. The van der Waals surface area contributed by atoms with Gasteiger partial charge >= 0.3 is 0 Å². The number of hydrogen-bond acceptors (Lipinski definition) is 6. The molecule has 1 aromatic heterocycles. The number of nitrogens with zero attached hydrogens (tertiary/aromatic N) is 2. The van der Waals surface area contributed by atoms with E-state index in [2.05, 4.69) is 15.2 Å². The summed E-state index contributed by atoms with van der Waals surface area (Å²) < 4.78 is 6.26. The number of aromatic nitrogens is 2. The fourth-order valence-electron chi connectivity index (χ4n) is 1.96. The molecule has 0 bridgehead atoms. The van der Waals surface area contributed by atoms with E-state index < -0.39 is 5.60 Å². The Morgan fingerprint density at radius 1 is 1.52 bits per heavy atom. The van der Waals surface area contributed by atoms with Crippen LogP contribution in [-0.4, -0.2) is 45.7 Å². The van der Waals surface area contributed by atoms with E-state index in [4.69, 9.17) is 5.73 Å². The molecule has 0 spiro atoms. The Morgan fingerprint density at radius 2 is 2.14 bits per heavy atom. The number of nitrogen functional groups attached to an aromatic ring is 1. The lowest BCUT2D eigenvalue weighted by molar-refractivity contribution is -0.138. The van der Waals surface area contributed by atoms with E-state index in [1.54, 1.807) is 16.9 Å². The van der Waals surface area contributed by atoms with Gasteiger partial charge in [0.2, 0.25) is 0 Å². The van der Waals surface area contributed by atoms with Crippen molar-refractivity contribution in [3.05, 3.63) is 12.3 Å². The summed E-state index contributed by atoms with van der Waals surface area (Å²) in [6.07, 6.45) is 3.34. The van der Waals surface area contributed by atoms with Gasteiger partial charge in [-0.3, -0.25) is 9.48 Å². The van der Waals surface area contributed by atoms with Crippen LogP contribution in [0.1, 0.15) is 33.6 Å². The number of anilines is 1. The second kappa shape index (κ2) is 7.42. The monoisotopic (exact) mass is 298 g/mol. The van der Waals surface area contributed by atoms with Crippen molar-refractivity contribution in [2.24, 2.45) is 0 Å². The highest BCUT2D eigenvalue weighted by Gasteiger charge is 2.29. The summed E-state index contributed by atoms with van der Waals surface area (Å²) in [5.74, 6) is 0.502. The molecule has 4 N–H and O–H groups in total. The summed E-state index contributed by atoms with van der Waals surface area (Å²) in [5.41, 5.74) is 4.56. The van der Waals surface area contributed by atoms with Gasteiger partial charge in [-0.1, -0.05) is 0 Å². The molecule has 2 heterocycles. The van der Waals surface area contributed by atoms with Gasteiger partial charge in [-0.25, -0.2) is 0 Å². The molecule has 1 aliphatic heterocycles. The zero-order chi connectivity index (χ0) is 15.9. The normalized spacial score (nSPS) is 17.5. The third-order valence-electron chi connectivity index (χ3n) is 3.05. The number of carbonyl (C=O) groups excluding carboxylic acids is 1. The molecule has 0 aromatic carbocycles. The minimum Gasteiger partial charge on any atom is -0.462 e. The molecule has 2 rings (SSSR count).